The first-order valence-corrected chi connectivity index (χ1v) is 12.9. The largest absolute Gasteiger partial charge is 0.379 e. The number of aromatic nitrogens is 2. The monoisotopic (exact) mass is 479 g/mol. The summed E-state index contributed by atoms with van der Waals surface area (Å²) in [5, 5.41) is 6.86. The molecule has 0 unspecified atom stereocenters. The number of aryl methyl sites for hydroxylation is 1. The molecule has 1 fully saturated rings. The molecule has 0 spiro atoms. The number of benzene rings is 1. The van der Waals surface area contributed by atoms with Crippen molar-refractivity contribution in [2.24, 2.45) is 5.41 Å². The molecule has 1 amide bonds. The zero-order chi connectivity index (χ0) is 25.1. The standard InChI is InChI=1S/C28H41N5O2/c1-20-19-29-25(31-20)26(34)32-24-7-6-22(18-23(24)21-8-10-27(2,3)11-9-21)28(4,5)30-12-13-33-14-16-35-17-15-33/h6-8,18-19,30H,9-17H2,1-5H3,(H,29,31)(H,32,34). The van der Waals surface area contributed by atoms with Gasteiger partial charge in [-0.2, -0.15) is 0 Å². The van der Waals surface area contributed by atoms with Crippen LogP contribution in [0.4, 0.5) is 5.69 Å². The number of nitrogens with zero attached hydrogens (tertiary/aromatic N) is 2. The lowest BCUT2D eigenvalue weighted by Gasteiger charge is -2.32. The normalized spacial score (nSPS) is 18.8. The summed E-state index contributed by atoms with van der Waals surface area (Å²) in [4.78, 5) is 22.6. The Hall–Kier alpha value is -2.48. The summed E-state index contributed by atoms with van der Waals surface area (Å²) in [6.45, 7) is 16.5. The van der Waals surface area contributed by atoms with E-state index >= 15 is 0 Å². The SMILES string of the molecule is Cc1c[nH]c(C(=O)Nc2ccc(C(C)(C)NCCN3CCOCC3)cc2C2=CCC(C)(C)CC2)n1. The summed E-state index contributed by atoms with van der Waals surface area (Å²) in [6.07, 6.45) is 7.28. The minimum atomic E-state index is -0.216. The van der Waals surface area contributed by atoms with Gasteiger partial charge in [-0.05, 0) is 68.7 Å². The summed E-state index contributed by atoms with van der Waals surface area (Å²) < 4.78 is 5.46. The van der Waals surface area contributed by atoms with Gasteiger partial charge in [-0.15, -0.1) is 0 Å². The number of allylic oxidation sites excluding steroid dienone is 2. The number of nitrogens with one attached hydrogen (secondary N) is 3. The van der Waals surface area contributed by atoms with E-state index < -0.39 is 0 Å². The quantitative estimate of drug-likeness (QED) is 0.510. The van der Waals surface area contributed by atoms with Gasteiger partial charge in [-0.25, -0.2) is 4.98 Å². The molecule has 1 aromatic carbocycles. The number of morpholine rings is 1. The lowest BCUT2D eigenvalue weighted by Crippen LogP contribution is -2.44. The van der Waals surface area contributed by atoms with Gasteiger partial charge in [0.15, 0.2) is 5.82 Å². The molecule has 1 saturated heterocycles. The molecule has 0 bridgehead atoms. The Morgan fingerprint density at radius 2 is 2.03 bits per heavy atom. The molecule has 0 atom stereocenters. The fourth-order valence-electron chi connectivity index (χ4n) is 4.79. The first-order valence-electron chi connectivity index (χ1n) is 12.9. The number of ether oxygens (including phenoxy) is 1. The zero-order valence-electron chi connectivity index (χ0n) is 22.0. The van der Waals surface area contributed by atoms with Crippen molar-refractivity contribution in [3.8, 4) is 0 Å². The van der Waals surface area contributed by atoms with Crippen LogP contribution in [0.2, 0.25) is 0 Å². The highest BCUT2D eigenvalue weighted by Crippen LogP contribution is 2.41. The van der Waals surface area contributed by atoms with Gasteiger partial charge in [0.25, 0.3) is 5.91 Å². The number of carbonyl (C=O) groups excluding carboxylic acids is 1. The molecule has 7 heteroatoms. The van der Waals surface area contributed by atoms with E-state index in [1.54, 1.807) is 6.20 Å². The predicted molar refractivity (Wildman–Crippen MR) is 142 cm³/mol. The topological polar surface area (TPSA) is 82.3 Å². The summed E-state index contributed by atoms with van der Waals surface area (Å²) in [6, 6.07) is 6.43. The van der Waals surface area contributed by atoms with E-state index in [9.17, 15) is 4.79 Å². The molecular formula is C28H41N5O2. The van der Waals surface area contributed by atoms with Crippen molar-refractivity contribution in [1.82, 2.24) is 20.2 Å². The van der Waals surface area contributed by atoms with E-state index in [0.717, 1.165) is 75.6 Å². The van der Waals surface area contributed by atoms with Gasteiger partial charge in [0.05, 0.1) is 18.9 Å². The summed E-state index contributed by atoms with van der Waals surface area (Å²) in [5.41, 5.74) is 5.38. The van der Waals surface area contributed by atoms with E-state index in [0.29, 0.717) is 11.2 Å². The second kappa shape index (κ2) is 10.6. The molecule has 1 aromatic heterocycles. The summed E-state index contributed by atoms with van der Waals surface area (Å²) in [7, 11) is 0. The molecule has 3 N–H and O–H groups in total. The first-order chi connectivity index (χ1) is 16.6. The smallest absolute Gasteiger partial charge is 0.291 e. The Bertz CT molecular complexity index is 1060. The van der Waals surface area contributed by atoms with Crippen molar-refractivity contribution in [2.45, 2.75) is 59.4 Å². The third-order valence-corrected chi connectivity index (χ3v) is 7.33. The number of imidazole rings is 1. The van der Waals surface area contributed by atoms with Crippen molar-refractivity contribution in [2.75, 3.05) is 44.7 Å². The minimum absolute atomic E-state index is 0.198. The van der Waals surface area contributed by atoms with Crippen LogP contribution in [0.1, 0.15) is 74.4 Å². The van der Waals surface area contributed by atoms with Gasteiger partial charge in [0.2, 0.25) is 0 Å². The van der Waals surface area contributed by atoms with Crippen molar-refractivity contribution in [1.29, 1.82) is 0 Å². The molecule has 35 heavy (non-hydrogen) atoms. The second-order valence-corrected chi connectivity index (χ2v) is 11.2. The number of hydrogen-bond acceptors (Lipinski definition) is 5. The number of amides is 1. The van der Waals surface area contributed by atoms with Gasteiger partial charge in [0.1, 0.15) is 0 Å². The van der Waals surface area contributed by atoms with Crippen LogP contribution in [0.15, 0.2) is 30.5 Å². The van der Waals surface area contributed by atoms with E-state index in [-0.39, 0.29) is 11.4 Å². The maximum Gasteiger partial charge on any atom is 0.291 e. The Labute approximate surface area is 209 Å². The average Bonchev–Trinajstić information content (AvgIpc) is 3.26. The highest BCUT2D eigenvalue weighted by atomic mass is 16.5. The Balaban J connectivity index is 1.55. The lowest BCUT2D eigenvalue weighted by molar-refractivity contribution is 0.0376. The van der Waals surface area contributed by atoms with Gasteiger partial charge in [-0.3, -0.25) is 9.69 Å². The summed E-state index contributed by atoms with van der Waals surface area (Å²) >= 11 is 0. The Morgan fingerprint density at radius 1 is 1.26 bits per heavy atom. The highest BCUT2D eigenvalue weighted by molar-refractivity contribution is 6.03. The van der Waals surface area contributed by atoms with Gasteiger partial charge in [-0.1, -0.05) is 26.0 Å². The van der Waals surface area contributed by atoms with Crippen molar-refractivity contribution >= 4 is 17.2 Å². The number of H-pyrrole nitrogens is 1. The van der Waals surface area contributed by atoms with Crippen LogP contribution in [-0.4, -0.2) is 60.2 Å². The number of hydrogen-bond donors (Lipinski definition) is 3. The molecular weight excluding hydrogens is 438 g/mol. The number of rotatable bonds is 8. The Kier molecular flexibility index (Phi) is 7.79. The van der Waals surface area contributed by atoms with E-state index in [2.05, 4.69) is 71.4 Å². The van der Waals surface area contributed by atoms with E-state index in [4.69, 9.17) is 4.74 Å². The molecule has 190 valence electrons. The van der Waals surface area contributed by atoms with Crippen LogP contribution in [0, 0.1) is 12.3 Å². The fourth-order valence-corrected chi connectivity index (χ4v) is 4.79. The van der Waals surface area contributed by atoms with Crippen molar-refractivity contribution in [3.63, 3.8) is 0 Å². The molecule has 7 nitrogen and oxygen atoms in total. The zero-order valence-corrected chi connectivity index (χ0v) is 22.0. The van der Waals surface area contributed by atoms with Gasteiger partial charge in [0, 0.05) is 49.2 Å². The Morgan fingerprint density at radius 3 is 2.69 bits per heavy atom. The molecule has 1 aliphatic carbocycles. The van der Waals surface area contributed by atoms with Crippen LogP contribution in [0.3, 0.4) is 0 Å². The predicted octanol–water partition coefficient (Wildman–Crippen LogP) is 4.72. The number of aromatic amines is 1. The van der Waals surface area contributed by atoms with Crippen LogP contribution >= 0.6 is 0 Å². The molecule has 2 heterocycles. The third-order valence-electron chi connectivity index (χ3n) is 7.33. The third kappa shape index (κ3) is 6.60. The van der Waals surface area contributed by atoms with Crippen LogP contribution < -0.4 is 10.6 Å². The van der Waals surface area contributed by atoms with Gasteiger partial charge >= 0.3 is 0 Å². The average molecular weight is 480 g/mol. The van der Waals surface area contributed by atoms with Crippen LogP contribution in [0.25, 0.3) is 5.57 Å². The molecule has 2 aliphatic rings. The fraction of sp³-hybridized carbons (Fsp3) is 0.571. The molecule has 1 aliphatic heterocycles. The van der Waals surface area contributed by atoms with Crippen molar-refractivity contribution in [3.05, 3.63) is 53.1 Å². The lowest BCUT2D eigenvalue weighted by atomic mass is 9.76. The maximum atomic E-state index is 12.9. The maximum absolute atomic E-state index is 12.9. The highest BCUT2D eigenvalue weighted by Gasteiger charge is 2.26. The molecule has 0 radical (unpaired) electrons. The molecule has 0 saturated carbocycles. The van der Waals surface area contributed by atoms with E-state index in [1.807, 2.05) is 13.0 Å². The molecule has 4 rings (SSSR count). The number of anilines is 1. The first kappa shape index (κ1) is 25.6. The molecule has 2 aromatic rings. The van der Waals surface area contributed by atoms with Crippen molar-refractivity contribution < 1.29 is 9.53 Å². The van der Waals surface area contributed by atoms with E-state index in [1.165, 1.54) is 11.1 Å². The van der Waals surface area contributed by atoms with Crippen LogP contribution in [0.5, 0.6) is 0 Å². The summed E-state index contributed by atoms with van der Waals surface area (Å²) in [5.74, 6) is 0.119. The van der Waals surface area contributed by atoms with Gasteiger partial charge < -0.3 is 20.4 Å². The number of carbonyl (C=O) groups is 1. The second-order valence-electron chi connectivity index (χ2n) is 11.2. The minimum Gasteiger partial charge on any atom is -0.379 e. The van der Waals surface area contributed by atoms with Crippen LogP contribution in [-0.2, 0) is 10.3 Å².